The minimum absolute atomic E-state index is 0.221. The lowest BCUT2D eigenvalue weighted by Crippen LogP contribution is -2.49. The van der Waals surface area contributed by atoms with E-state index in [2.05, 4.69) is 4.90 Å². The second kappa shape index (κ2) is 7.82. The minimum atomic E-state index is -0.221. The summed E-state index contributed by atoms with van der Waals surface area (Å²) in [5, 5.41) is 0. The van der Waals surface area contributed by atoms with Gasteiger partial charge in [-0.2, -0.15) is 0 Å². The zero-order valence-electron chi connectivity index (χ0n) is 14.0. The molecule has 2 saturated heterocycles. The van der Waals surface area contributed by atoms with Crippen molar-refractivity contribution in [1.82, 2.24) is 4.90 Å². The Morgan fingerprint density at radius 2 is 1.91 bits per heavy atom. The lowest BCUT2D eigenvalue weighted by molar-refractivity contribution is 0.00739. The number of nitrogens with zero attached hydrogens (tertiary/aromatic N) is 1. The van der Waals surface area contributed by atoms with Gasteiger partial charge in [0.05, 0.1) is 18.8 Å². The SMILES string of the molecule is CCOc1ccc(C(=O)OC[C@@H]2CCCN3CCCC[C@@H]23)cc1. The second-order valence-corrected chi connectivity index (χ2v) is 6.56. The molecule has 2 heterocycles. The van der Waals surface area contributed by atoms with Crippen molar-refractivity contribution < 1.29 is 14.3 Å². The number of rotatable bonds is 5. The summed E-state index contributed by atoms with van der Waals surface area (Å²) in [4.78, 5) is 14.8. The highest BCUT2D eigenvalue weighted by Crippen LogP contribution is 2.31. The molecule has 2 aliphatic heterocycles. The molecule has 0 amide bonds. The Kier molecular flexibility index (Phi) is 5.55. The Hall–Kier alpha value is -1.55. The number of fused-ring (bicyclic) bond motifs is 1. The Morgan fingerprint density at radius 1 is 1.13 bits per heavy atom. The Labute approximate surface area is 138 Å². The zero-order valence-corrected chi connectivity index (χ0v) is 14.0. The monoisotopic (exact) mass is 317 g/mol. The van der Waals surface area contributed by atoms with E-state index in [0.29, 0.717) is 30.7 Å². The van der Waals surface area contributed by atoms with Gasteiger partial charge < -0.3 is 9.47 Å². The van der Waals surface area contributed by atoms with Crippen molar-refractivity contribution in [3.05, 3.63) is 29.8 Å². The third-order valence-corrected chi connectivity index (χ3v) is 5.06. The third kappa shape index (κ3) is 4.05. The second-order valence-electron chi connectivity index (χ2n) is 6.56. The van der Waals surface area contributed by atoms with Crippen LogP contribution >= 0.6 is 0 Å². The van der Waals surface area contributed by atoms with Crippen molar-refractivity contribution in [2.75, 3.05) is 26.3 Å². The highest BCUT2D eigenvalue weighted by Gasteiger charge is 2.33. The quantitative estimate of drug-likeness (QED) is 0.779. The fourth-order valence-corrected chi connectivity index (χ4v) is 3.89. The first-order valence-corrected chi connectivity index (χ1v) is 8.92. The molecule has 0 bridgehead atoms. The van der Waals surface area contributed by atoms with Gasteiger partial charge in [-0.3, -0.25) is 4.90 Å². The van der Waals surface area contributed by atoms with Crippen LogP contribution in [0.25, 0.3) is 0 Å². The standard InChI is InChI=1S/C19H27NO3/c1-2-22-17-10-8-15(9-11-17)19(21)23-14-16-6-5-13-20-12-4-3-7-18(16)20/h8-11,16,18H,2-7,12-14H2,1H3/t16-,18-/m0/s1. The molecule has 2 atom stereocenters. The summed E-state index contributed by atoms with van der Waals surface area (Å²) in [6.07, 6.45) is 6.28. The average Bonchev–Trinajstić information content (AvgIpc) is 2.60. The normalized spacial score (nSPS) is 24.7. The molecule has 23 heavy (non-hydrogen) atoms. The van der Waals surface area contributed by atoms with Gasteiger partial charge in [0.25, 0.3) is 0 Å². The average molecular weight is 317 g/mol. The number of benzene rings is 1. The van der Waals surface area contributed by atoms with E-state index in [9.17, 15) is 4.79 Å². The van der Waals surface area contributed by atoms with Crippen molar-refractivity contribution in [2.24, 2.45) is 5.92 Å². The molecule has 0 aromatic heterocycles. The van der Waals surface area contributed by atoms with E-state index in [1.165, 1.54) is 45.2 Å². The van der Waals surface area contributed by atoms with Crippen LogP contribution in [-0.4, -0.2) is 43.2 Å². The molecule has 2 fully saturated rings. The summed E-state index contributed by atoms with van der Waals surface area (Å²) in [6, 6.07) is 7.82. The molecule has 1 aromatic carbocycles. The summed E-state index contributed by atoms with van der Waals surface area (Å²) in [6.45, 7) is 5.56. The number of esters is 1. The summed E-state index contributed by atoms with van der Waals surface area (Å²) in [5.41, 5.74) is 0.602. The van der Waals surface area contributed by atoms with E-state index in [4.69, 9.17) is 9.47 Å². The maximum absolute atomic E-state index is 12.2. The number of hydrogen-bond acceptors (Lipinski definition) is 4. The Balaban J connectivity index is 1.53. The Bertz CT molecular complexity index is 512. The summed E-state index contributed by atoms with van der Waals surface area (Å²) >= 11 is 0. The molecule has 0 saturated carbocycles. The largest absolute Gasteiger partial charge is 0.494 e. The van der Waals surface area contributed by atoms with Crippen molar-refractivity contribution in [3.8, 4) is 5.75 Å². The van der Waals surface area contributed by atoms with Crippen LogP contribution in [0.3, 0.4) is 0 Å². The predicted octanol–water partition coefficient (Wildman–Crippen LogP) is 3.51. The Morgan fingerprint density at radius 3 is 2.70 bits per heavy atom. The lowest BCUT2D eigenvalue weighted by Gasteiger charge is -2.44. The first kappa shape index (κ1) is 16.3. The fourth-order valence-electron chi connectivity index (χ4n) is 3.89. The van der Waals surface area contributed by atoms with E-state index in [1.807, 2.05) is 19.1 Å². The molecule has 2 aliphatic rings. The molecule has 0 N–H and O–H groups in total. The van der Waals surface area contributed by atoms with Crippen LogP contribution in [0.2, 0.25) is 0 Å². The van der Waals surface area contributed by atoms with Crippen molar-refractivity contribution >= 4 is 5.97 Å². The van der Waals surface area contributed by atoms with Crippen LogP contribution < -0.4 is 4.74 Å². The van der Waals surface area contributed by atoms with Gasteiger partial charge in [0.1, 0.15) is 5.75 Å². The molecule has 0 unspecified atom stereocenters. The number of hydrogen-bond donors (Lipinski definition) is 0. The minimum Gasteiger partial charge on any atom is -0.494 e. The van der Waals surface area contributed by atoms with Crippen LogP contribution in [0, 0.1) is 5.92 Å². The van der Waals surface area contributed by atoms with Gasteiger partial charge in [0.2, 0.25) is 0 Å². The molecule has 0 spiro atoms. The molecular weight excluding hydrogens is 290 g/mol. The maximum atomic E-state index is 12.2. The number of carbonyl (C=O) groups excluding carboxylic acids is 1. The van der Waals surface area contributed by atoms with Crippen molar-refractivity contribution in [1.29, 1.82) is 0 Å². The van der Waals surface area contributed by atoms with Gasteiger partial charge >= 0.3 is 5.97 Å². The van der Waals surface area contributed by atoms with Gasteiger partial charge in [-0.25, -0.2) is 4.79 Å². The van der Waals surface area contributed by atoms with Gasteiger partial charge in [0, 0.05) is 12.0 Å². The lowest BCUT2D eigenvalue weighted by atomic mass is 9.84. The van der Waals surface area contributed by atoms with E-state index < -0.39 is 0 Å². The molecule has 4 nitrogen and oxygen atoms in total. The molecule has 3 rings (SSSR count). The van der Waals surface area contributed by atoms with E-state index >= 15 is 0 Å². The van der Waals surface area contributed by atoms with Crippen LogP contribution in [-0.2, 0) is 4.74 Å². The van der Waals surface area contributed by atoms with Gasteiger partial charge in [0.15, 0.2) is 0 Å². The number of carbonyl (C=O) groups is 1. The van der Waals surface area contributed by atoms with E-state index in [-0.39, 0.29) is 5.97 Å². The molecule has 4 heteroatoms. The van der Waals surface area contributed by atoms with Gasteiger partial charge in [-0.05, 0) is 70.0 Å². The van der Waals surface area contributed by atoms with Crippen molar-refractivity contribution in [3.63, 3.8) is 0 Å². The fraction of sp³-hybridized carbons (Fsp3) is 0.632. The summed E-state index contributed by atoms with van der Waals surface area (Å²) in [5.74, 6) is 1.06. The molecular formula is C19H27NO3. The maximum Gasteiger partial charge on any atom is 0.338 e. The zero-order chi connectivity index (χ0) is 16.1. The van der Waals surface area contributed by atoms with E-state index in [0.717, 1.165) is 5.75 Å². The third-order valence-electron chi connectivity index (χ3n) is 5.06. The van der Waals surface area contributed by atoms with E-state index in [1.54, 1.807) is 12.1 Å². The number of ether oxygens (including phenoxy) is 2. The van der Waals surface area contributed by atoms with Crippen molar-refractivity contribution in [2.45, 2.75) is 45.1 Å². The molecule has 0 radical (unpaired) electrons. The highest BCUT2D eigenvalue weighted by atomic mass is 16.5. The summed E-state index contributed by atoms with van der Waals surface area (Å²) in [7, 11) is 0. The highest BCUT2D eigenvalue weighted by molar-refractivity contribution is 5.89. The predicted molar refractivity (Wildman–Crippen MR) is 89.8 cm³/mol. The first-order valence-electron chi connectivity index (χ1n) is 8.92. The van der Waals surface area contributed by atoms with Crippen LogP contribution in [0.1, 0.15) is 49.4 Å². The van der Waals surface area contributed by atoms with Gasteiger partial charge in [-0.1, -0.05) is 6.42 Å². The topological polar surface area (TPSA) is 38.8 Å². The van der Waals surface area contributed by atoms with Crippen LogP contribution in [0.4, 0.5) is 0 Å². The first-order chi connectivity index (χ1) is 11.3. The van der Waals surface area contributed by atoms with Gasteiger partial charge in [-0.15, -0.1) is 0 Å². The number of piperidine rings is 2. The smallest absolute Gasteiger partial charge is 0.338 e. The molecule has 0 aliphatic carbocycles. The molecule has 1 aromatic rings. The summed E-state index contributed by atoms with van der Waals surface area (Å²) < 4.78 is 11.0. The molecule has 126 valence electrons. The van der Waals surface area contributed by atoms with Crippen LogP contribution in [0.5, 0.6) is 5.75 Å². The van der Waals surface area contributed by atoms with Crippen LogP contribution in [0.15, 0.2) is 24.3 Å².